The average molecular weight is 298 g/mol. The van der Waals surface area contributed by atoms with Crippen LogP contribution in [0.5, 0.6) is 0 Å². The number of rotatable bonds is 3. The lowest BCUT2D eigenvalue weighted by Gasteiger charge is -2.06. The molecule has 0 radical (unpaired) electrons. The predicted octanol–water partition coefficient (Wildman–Crippen LogP) is 3.25. The smallest absolute Gasteiger partial charge is 0.337 e. The van der Waals surface area contributed by atoms with Gasteiger partial charge in [-0.15, -0.1) is 11.3 Å². The van der Waals surface area contributed by atoms with E-state index in [0.717, 1.165) is 10.1 Å². The number of aromatic nitrogens is 1. The van der Waals surface area contributed by atoms with Crippen molar-refractivity contribution < 1.29 is 14.7 Å². The minimum Gasteiger partial charge on any atom is -0.478 e. The highest BCUT2D eigenvalue weighted by molar-refractivity contribution is 7.20. The van der Waals surface area contributed by atoms with Crippen molar-refractivity contribution in [3.63, 3.8) is 0 Å². The predicted molar refractivity (Wildman–Crippen MR) is 81.0 cm³/mol. The lowest BCUT2D eigenvalue weighted by molar-refractivity contribution is 0.0698. The summed E-state index contributed by atoms with van der Waals surface area (Å²) in [5, 5.41) is 12.7. The van der Waals surface area contributed by atoms with Crippen LogP contribution < -0.4 is 5.32 Å². The molecule has 2 heterocycles. The van der Waals surface area contributed by atoms with Crippen molar-refractivity contribution >= 4 is 39.0 Å². The molecule has 1 amide bonds. The zero-order valence-electron chi connectivity index (χ0n) is 10.7. The molecule has 0 atom stereocenters. The Morgan fingerprint density at radius 3 is 2.76 bits per heavy atom. The molecule has 1 aromatic carbocycles. The molecule has 0 bridgehead atoms. The molecular formula is C15H10N2O3S. The highest BCUT2D eigenvalue weighted by atomic mass is 32.1. The summed E-state index contributed by atoms with van der Waals surface area (Å²) >= 11 is 1.36. The van der Waals surface area contributed by atoms with E-state index in [1.54, 1.807) is 6.07 Å². The molecule has 0 spiro atoms. The number of nitrogens with one attached hydrogen (secondary N) is 1. The standard InChI is InChI=1S/C15H10N2O3S/c18-14(13-7-9-3-1-2-4-12(9)21-13)17-11-8-16-6-5-10(11)15(19)20/h1-8H,(H,17,18)(H,19,20). The molecule has 0 saturated heterocycles. The number of fused-ring (bicyclic) bond motifs is 1. The zero-order chi connectivity index (χ0) is 14.8. The van der Waals surface area contributed by atoms with Gasteiger partial charge in [-0.1, -0.05) is 18.2 Å². The second-order valence-corrected chi connectivity index (χ2v) is 5.41. The second-order valence-electron chi connectivity index (χ2n) is 4.33. The molecule has 5 nitrogen and oxygen atoms in total. The molecule has 3 aromatic rings. The number of amides is 1. The first-order valence-electron chi connectivity index (χ1n) is 6.12. The van der Waals surface area contributed by atoms with Gasteiger partial charge in [0.25, 0.3) is 5.91 Å². The maximum absolute atomic E-state index is 12.2. The second kappa shape index (κ2) is 5.34. The van der Waals surface area contributed by atoms with Gasteiger partial charge in [-0.3, -0.25) is 9.78 Å². The zero-order valence-corrected chi connectivity index (χ0v) is 11.6. The van der Waals surface area contributed by atoms with E-state index >= 15 is 0 Å². The molecular weight excluding hydrogens is 288 g/mol. The Balaban J connectivity index is 1.91. The number of hydrogen-bond donors (Lipinski definition) is 2. The summed E-state index contributed by atoms with van der Waals surface area (Å²) in [5.41, 5.74) is 0.201. The Hall–Kier alpha value is -2.73. The Kier molecular flexibility index (Phi) is 3.37. The molecule has 0 aliphatic heterocycles. The fourth-order valence-electron chi connectivity index (χ4n) is 1.96. The largest absolute Gasteiger partial charge is 0.478 e. The van der Waals surface area contributed by atoms with Crippen LogP contribution in [0.15, 0.2) is 48.8 Å². The third-order valence-electron chi connectivity index (χ3n) is 2.95. The van der Waals surface area contributed by atoms with E-state index in [-0.39, 0.29) is 17.2 Å². The van der Waals surface area contributed by atoms with Crippen molar-refractivity contribution in [1.29, 1.82) is 0 Å². The van der Waals surface area contributed by atoms with Crippen LogP contribution in [0.25, 0.3) is 10.1 Å². The van der Waals surface area contributed by atoms with Gasteiger partial charge in [-0.05, 0) is 23.6 Å². The first kappa shape index (κ1) is 13.3. The van der Waals surface area contributed by atoms with Crippen LogP contribution in [0, 0.1) is 0 Å². The van der Waals surface area contributed by atoms with Gasteiger partial charge in [0, 0.05) is 10.9 Å². The number of hydrogen-bond acceptors (Lipinski definition) is 4. The molecule has 2 aromatic heterocycles. The van der Waals surface area contributed by atoms with Crippen LogP contribution >= 0.6 is 11.3 Å². The molecule has 0 aliphatic carbocycles. The number of anilines is 1. The number of carboxylic acids is 1. The molecule has 2 N–H and O–H groups in total. The summed E-state index contributed by atoms with van der Waals surface area (Å²) in [4.78, 5) is 27.7. The molecule has 6 heteroatoms. The molecule has 0 aliphatic rings. The normalized spacial score (nSPS) is 10.5. The molecule has 0 saturated carbocycles. The van der Waals surface area contributed by atoms with Crippen LogP contribution in [-0.4, -0.2) is 22.0 Å². The van der Waals surface area contributed by atoms with Crippen molar-refractivity contribution in [2.75, 3.05) is 5.32 Å². The monoisotopic (exact) mass is 298 g/mol. The van der Waals surface area contributed by atoms with Crippen LogP contribution in [0.4, 0.5) is 5.69 Å². The average Bonchev–Trinajstić information content (AvgIpc) is 2.91. The number of carbonyl (C=O) groups excluding carboxylic acids is 1. The number of aromatic carboxylic acids is 1. The van der Waals surface area contributed by atoms with E-state index in [2.05, 4.69) is 10.3 Å². The third kappa shape index (κ3) is 2.61. The van der Waals surface area contributed by atoms with E-state index < -0.39 is 5.97 Å². The van der Waals surface area contributed by atoms with Gasteiger partial charge < -0.3 is 10.4 Å². The van der Waals surface area contributed by atoms with Crippen molar-refractivity contribution in [2.24, 2.45) is 0 Å². The summed E-state index contributed by atoms with van der Waals surface area (Å²) < 4.78 is 1.01. The van der Waals surface area contributed by atoms with E-state index in [0.29, 0.717) is 4.88 Å². The lowest BCUT2D eigenvalue weighted by Crippen LogP contribution is -2.13. The molecule has 0 unspecified atom stereocenters. The van der Waals surface area contributed by atoms with Gasteiger partial charge in [0.1, 0.15) is 0 Å². The van der Waals surface area contributed by atoms with E-state index in [9.17, 15) is 9.59 Å². The van der Waals surface area contributed by atoms with Crippen LogP contribution in [0.1, 0.15) is 20.0 Å². The van der Waals surface area contributed by atoms with Gasteiger partial charge in [-0.2, -0.15) is 0 Å². The fraction of sp³-hybridized carbons (Fsp3) is 0. The Morgan fingerprint density at radius 2 is 2.00 bits per heavy atom. The molecule has 21 heavy (non-hydrogen) atoms. The highest BCUT2D eigenvalue weighted by Gasteiger charge is 2.15. The topological polar surface area (TPSA) is 79.3 Å². The minimum absolute atomic E-state index is 0.0134. The minimum atomic E-state index is -1.11. The number of pyridine rings is 1. The number of benzene rings is 1. The van der Waals surface area contributed by atoms with Gasteiger partial charge in [-0.25, -0.2) is 4.79 Å². The first-order valence-corrected chi connectivity index (χ1v) is 6.94. The number of carbonyl (C=O) groups is 2. The summed E-state index contributed by atoms with van der Waals surface area (Å²) in [6.45, 7) is 0. The van der Waals surface area contributed by atoms with Crippen molar-refractivity contribution in [2.45, 2.75) is 0 Å². The molecule has 0 fully saturated rings. The molecule has 104 valence electrons. The summed E-state index contributed by atoms with van der Waals surface area (Å²) in [6, 6.07) is 10.8. The first-order chi connectivity index (χ1) is 10.1. The van der Waals surface area contributed by atoms with Crippen molar-refractivity contribution in [3.05, 3.63) is 59.2 Å². The van der Waals surface area contributed by atoms with Crippen molar-refractivity contribution in [1.82, 2.24) is 4.98 Å². The fourth-order valence-corrected chi connectivity index (χ4v) is 2.92. The van der Waals surface area contributed by atoms with Crippen LogP contribution in [-0.2, 0) is 0 Å². The Morgan fingerprint density at radius 1 is 1.19 bits per heavy atom. The SMILES string of the molecule is O=C(Nc1cnccc1C(=O)O)c1cc2ccccc2s1. The van der Waals surface area contributed by atoms with E-state index in [1.165, 1.54) is 29.8 Å². The lowest BCUT2D eigenvalue weighted by atomic mass is 10.2. The van der Waals surface area contributed by atoms with Crippen LogP contribution in [0.3, 0.4) is 0 Å². The number of thiophene rings is 1. The van der Waals surface area contributed by atoms with E-state index in [4.69, 9.17) is 5.11 Å². The van der Waals surface area contributed by atoms with Gasteiger partial charge in [0.05, 0.1) is 22.3 Å². The summed E-state index contributed by atoms with van der Waals surface area (Å²) in [5.74, 6) is -1.45. The molecule has 3 rings (SSSR count). The number of nitrogens with zero attached hydrogens (tertiary/aromatic N) is 1. The number of carboxylic acid groups (broad SMARTS) is 1. The van der Waals surface area contributed by atoms with Gasteiger partial charge in [0.2, 0.25) is 0 Å². The quantitative estimate of drug-likeness (QED) is 0.778. The maximum atomic E-state index is 12.2. The summed E-state index contributed by atoms with van der Waals surface area (Å²) in [6.07, 6.45) is 2.70. The Labute approximate surface area is 123 Å². The third-order valence-corrected chi connectivity index (χ3v) is 4.06. The maximum Gasteiger partial charge on any atom is 0.337 e. The van der Waals surface area contributed by atoms with Gasteiger partial charge in [0.15, 0.2) is 0 Å². The van der Waals surface area contributed by atoms with Crippen LogP contribution in [0.2, 0.25) is 0 Å². The van der Waals surface area contributed by atoms with Crippen molar-refractivity contribution in [3.8, 4) is 0 Å². The van der Waals surface area contributed by atoms with Gasteiger partial charge >= 0.3 is 5.97 Å². The highest BCUT2D eigenvalue weighted by Crippen LogP contribution is 2.26. The summed E-state index contributed by atoms with van der Waals surface area (Å²) in [7, 11) is 0. The Bertz CT molecular complexity index is 809. The van der Waals surface area contributed by atoms with E-state index in [1.807, 2.05) is 24.3 Å².